The molecule has 0 spiro atoms. The number of hydrogen-bond donors (Lipinski definition) is 1. The van der Waals surface area contributed by atoms with Crippen molar-refractivity contribution in [1.29, 1.82) is 0 Å². The van der Waals surface area contributed by atoms with E-state index in [4.69, 9.17) is 23.2 Å². The van der Waals surface area contributed by atoms with Crippen LogP contribution in [0.25, 0.3) is 6.08 Å². The number of benzene rings is 1. The van der Waals surface area contributed by atoms with Gasteiger partial charge in [-0.05, 0) is 36.1 Å². The predicted octanol–water partition coefficient (Wildman–Crippen LogP) is 0.919. The molecule has 0 amide bonds. The number of carbonyl (C=O) groups excluding carboxylic acids is 1. The number of carbonyl (C=O) groups is 1. The Hall–Kier alpha value is -0.540. The summed E-state index contributed by atoms with van der Waals surface area (Å²) in [5.74, 6) is 0.842. The molecule has 0 heterocycles. The van der Waals surface area contributed by atoms with Crippen LogP contribution in [0.5, 0.6) is 0 Å². The number of rotatable bonds is 8. The lowest BCUT2D eigenvalue weighted by Gasteiger charge is -2.19. The van der Waals surface area contributed by atoms with Gasteiger partial charge in [0.1, 0.15) is 0 Å². The SMILES string of the molecule is CC(C)CCCC(C(=O)/C=C/c1ccc(Cl)c(Cl)c1)[NH+](C)C.[Cl-]. The molecule has 5 heteroatoms. The van der Waals surface area contributed by atoms with Crippen molar-refractivity contribution in [3.63, 3.8) is 0 Å². The third-order valence-electron chi connectivity index (χ3n) is 3.70. The van der Waals surface area contributed by atoms with Gasteiger partial charge in [0.05, 0.1) is 24.1 Å². The van der Waals surface area contributed by atoms with E-state index in [1.54, 1.807) is 18.2 Å². The first-order valence-electron chi connectivity index (χ1n) is 7.78. The molecular weight excluding hydrogens is 353 g/mol. The molecule has 1 aromatic rings. The maximum atomic E-state index is 12.4. The average Bonchev–Trinajstić information content (AvgIpc) is 2.44. The molecule has 2 nitrogen and oxygen atoms in total. The highest BCUT2D eigenvalue weighted by Gasteiger charge is 2.21. The van der Waals surface area contributed by atoms with Crippen molar-refractivity contribution in [3.05, 3.63) is 39.9 Å². The van der Waals surface area contributed by atoms with Crippen LogP contribution < -0.4 is 17.3 Å². The summed E-state index contributed by atoms with van der Waals surface area (Å²) < 4.78 is 0. The molecule has 0 aliphatic rings. The van der Waals surface area contributed by atoms with Crippen molar-refractivity contribution in [2.24, 2.45) is 5.92 Å². The summed E-state index contributed by atoms with van der Waals surface area (Å²) in [5.41, 5.74) is 0.887. The normalized spacial score (nSPS) is 12.7. The van der Waals surface area contributed by atoms with Crippen LogP contribution in [0.15, 0.2) is 24.3 Å². The average molecular weight is 379 g/mol. The first kappa shape index (κ1) is 22.5. The maximum Gasteiger partial charge on any atom is 0.212 e. The lowest BCUT2D eigenvalue weighted by molar-refractivity contribution is -0.875. The van der Waals surface area contributed by atoms with Gasteiger partial charge in [-0.25, -0.2) is 0 Å². The van der Waals surface area contributed by atoms with Crippen LogP contribution in [-0.2, 0) is 4.79 Å². The molecule has 0 aliphatic carbocycles. The molecule has 0 fully saturated rings. The van der Waals surface area contributed by atoms with E-state index in [-0.39, 0.29) is 24.2 Å². The highest BCUT2D eigenvalue weighted by atomic mass is 35.5. The summed E-state index contributed by atoms with van der Waals surface area (Å²) in [6.07, 6.45) is 6.63. The van der Waals surface area contributed by atoms with Gasteiger partial charge in [0, 0.05) is 6.42 Å². The van der Waals surface area contributed by atoms with E-state index < -0.39 is 0 Å². The Bertz CT molecular complexity index is 527. The van der Waals surface area contributed by atoms with Gasteiger partial charge < -0.3 is 17.3 Å². The van der Waals surface area contributed by atoms with Crippen LogP contribution >= 0.6 is 23.2 Å². The van der Waals surface area contributed by atoms with Gasteiger partial charge >= 0.3 is 0 Å². The van der Waals surface area contributed by atoms with Gasteiger partial charge in [-0.15, -0.1) is 0 Å². The Balaban J connectivity index is 0.00000484. The fourth-order valence-corrected chi connectivity index (χ4v) is 2.66. The van der Waals surface area contributed by atoms with E-state index in [2.05, 4.69) is 13.8 Å². The summed E-state index contributed by atoms with van der Waals surface area (Å²) >= 11 is 11.9. The molecule has 1 rings (SSSR count). The summed E-state index contributed by atoms with van der Waals surface area (Å²) in [4.78, 5) is 13.6. The minimum absolute atomic E-state index is 0. The van der Waals surface area contributed by atoms with Crippen molar-refractivity contribution in [2.45, 2.75) is 39.2 Å². The van der Waals surface area contributed by atoms with E-state index in [0.29, 0.717) is 16.0 Å². The maximum absolute atomic E-state index is 12.4. The van der Waals surface area contributed by atoms with Gasteiger partial charge in [-0.2, -0.15) is 0 Å². The number of nitrogens with one attached hydrogen (secondary N) is 1. The Morgan fingerprint density at radius 3 is 2.35 bits per heavy atom. The zero-order valence-corrected chi connectivity index (χ0v) is 16.5. The minimum atomic E-state index is 0. The number of likely N-dealkylation sites (N-methyl/N-ethyl adjacent to an activating group) is 1. The highest BCUT2D eigenvalue weighted by Crippen LogP contribution is 2.23. The molecular formula is C18H26Cl3NO. The largest absolute Gasteiger partial charge is 1.00 e. The molecule has 1 N–H and O–H groups in total. The molecule has 1 aromatic carbocycles. The van der Waals surface area contributed by atoms with Gasteiger partial charge in [0.15, 0.2) is 6.04 Å². The van der Waals surface area contributed by atoms with E-state index in [0.717, 1.165) is 24.8 Å². The van der Waals surface area contributed by atoms with Crippen LogP contribution in [0.4, 0.5) is 0 Å². The number of ketones is 1. The number of hydrogen-bond acceptors (Lipinski definition) is 1. The van der Waals surface area contributed by atoms with Crippen molar-refractivity contribution >= 4 is 35.1 Å². The number of quaternary nitrogens is 1. The molecule has 0 bridgehead atoms. The van der Waals surface area contributed by atoms with Gasteiger partial charge in [0.25, 0.3) is 0 Å². The lowest BCUT2D eigenvalue weighted by Crippen LogP contribution is -3.11. The summed E-state index contributed by atoms with van der Waals surface area (Å²) in [6, 6.07) is 5.38. The Kier molecular flexibility index (Phi) is 10.8. The monoisotopic (exact) mass is 377 g/mol. The molecule has 0 radical (unpaired) electrons. The first-order valence-corrected chi connectivity index (χ1v) is 8.54. The Morgan fingerprint density at radius 2 is 1.83 bits per heavy atom. The molecule has 1 atom stereocenters. The zero-order valence-electron chi connectivity index (χ0n) is 14.2. The molecule has 0 aliphatic heterocycles. The summed E-state index contributed by atoms with van der Waals surface area (Å²) in [6.45, 7) is 4.42. The minimum Gasteiger partial charge on any atom is -1.00 e. The van der Waals surface area contributed by atoms with E-state index in [1.165, 1.54) is 4.90 Å². The highest BCUT2D eigenvalue weighted by molar-refractivity contribution is 6.42. The second-order valence-corrected chi connectivity index (χ2v) is 7.18. The third-order valence-corrected chi connectivity index (χ3v) is 4.44. The molecule has 0 aromatic heterocycles. The predicted molar refractivity (Wildman–Crippen MR) is 95.8 cm³/mol. The third kappa shape index (κ3) is 8.21. The van der Waals surface area contributed by atoms with Crippen molar-refractivity contribution in [1.82, 2.24) is 0 Å². The van der Waals surface area contributed by atoms with E-state index >= 15 is 0 Å². The van der Waals surface area contributed by atoms with Gasteiger partial charge in [-0.1, -0.05) is 55.6 Å². The Labute approximate surface area is 156 Å². The van der Waals surface area contributed by atoms with Crippen LogP contribution in [0.1, 0.15) is 38.7 Å². The smallest absolute Gasteiger partial charge is 0.212 e. The fraction of sp³-hybridized carbons (Fsp3) is 0.500. The van der Waals surface area contributed by atoms with Crippen LogP contribution in [0, 0.1) is 5.92 Å². The number of halogens is 3. The zero-order chi connectivity index (χ0) is 16.7. The Morgan fingerprint density at radius 1 is 1.17 bits per heavy atom. The molecule has 23 heavy (non-hydrogen) atoms. The molecule has 0 saturated carbocycles. The topological polar surface area (TPSA) is 21.5 Å². The standard InChI is InChI=1S/C18H25Cl2NO.ClH/c1-13(2)6-5-7-17(21(3)4)18(22)11-9-14-8-10-15(19)16(20)12-14;/h8-13,17H,5-7H2,1-4H3;1H/b11-9+;. The van der Waals surface area contributed by atoms with Crippen molar-refractivity contribution < 1.29 is 22.1 Å². The van der Waals surface area contributed by atoms with Gasteiger partial charge in [0.2, 0.25) is 5.78 Å². The van der Waals surface area contributed by atoms with Gasteiger partial charge in [-0.3, -0.25) is 4.79 Å². The molecule has 1 unspecified atom stereocenters. The summed E-state index contributed by atoms with van der Waals surface area (Å²) in [5, 5.41) is 1.03. The lowest BCUT2D eigenvalue weighted by atomic mass is 9.99. The van der Waals surface area contributed by atoms with Crippen LogP contribution in [0.2, 0.25) is 10.0 Å². The van der Waals surface area contributed by atoms with E-state index in [1.807, 2.05) is 26.2 Å². The molecule has 0 saturated heterocycles. The second-order valence-electron chi connectivity index (χ2n) is 6.36. The van der Waals surface area contributed by atoms with Crippen molar-refractivity contribution in [2.75, 3.05) is 14.1 Å². The first-order chi connectivity index (χ1) is 10.3. The quantitative estimate of drug-likeness (QED) is 0.668. The summed E-state index contributed by atoms with van der Waals surface area (Å²) in [7, 11) is 4.07. The fourth-order valence-electron chi connectivity index (χ4n) is 2.36. The van der Waals surface area contributed by atoms with Crippen LogP contribution in [0.3, 0.4) is 0 Å². The van der Waals surface area contributed by atoms with Crippen molar-refractivity contribution in [3.8, 4) is 0 Å². The molecule has 130 valence electrons. The van der Waals surface area contributed by atoms with E-state index in [9.17, 15) is 4.79 Å². The second kappa shape index (κ2) is 11.1. The van der Waals surface area contributed by atoms with Crippen LogP contribution in [-0.4, -0.2) is 25.9 Å².